The molecule has 2 aromatic rings. The number of thioether (sulfide) groups is 1. The minimum Gasteiger partial charge on any atom is -0.342 e. The number of carbonyl (C=O) groups excluding carboxylic acids is 2. The second-order valence-electron chi connectivity index (χ2n) is 5.53. The van der Waals surface area contributed by atoms with Gasteiger partial charge < -0.3 is 9.80 Å². The summed E-state index contributed by atoms with van der Waals surface area (Å²) in [5.41, 5.74) is 1.32. The molecule has 0 radical (unpaired) electrons. The van der Waals surface area contributed by atoms with E-state index in [4.69, 9.17) is 0 Å². The van der Waals surface area contributed by atoms with Gasteiger partial charge in [0.2, 0.25) is 5.91 Å². The lowest BCUT2D eigenvalue weighted by molar-refractivity contribution is -0.131. The first-order valence-electron chi connectivity index (χ1n) is 8.23. The minimum atomic E-state index is -0.225. The van der Waals surface area contributed by atoms with Crippen LogP contribution >= 0.6 is 11.8 Å². The average molecular weight is 360 g/mol. The third-order valence-corrected chi connectivity index (χ3v) is 4.63. The largest absolute Gasteiger partial charge is 0.342 e. The van der Waals surface area contributed by atoms with Crippen molar-refractivity contribution in [1.82, 2.24) is 19.4 Å². The topological polar surface area (TPSA) is 58.4 Å². The SMILES string of the molecule is CCN(CC)C(=O)CN(C)C(=O)c1cnc(SC)n1-c1ccccc1. The molecule has 25 heavy (non-hydrogen) atoms. The van der Waals surface area contributed by atoms with E-state index in [1.807, 2.05) is 55.0 Å². The van der Waals surface area contributed by atoms with Crippen molar-refractivity contribution in [3.8, 4) is 5.69 Å². The maximum atomic E-state index is 12.9. The van der Waals surface area contributed by atoms with Crippen LogP contribution in [0.4, 0.5) is 0 Å². The van der Waals surface area contributed by atoms with E-state index < -0.39 is 0 Å². The zero-order valence-electron chi connectivity index (χ0n) is 15.1. The van der Waals surface area contributed by atoms with Gasteiger partial charge in [-0.15, -0.1) is 0 Å². The van der Waals surface area contributed by atoms with Crippen molar-refractivity contribution in [2.45, 2.75) is 19.0 Å². The van der Waals surface area contributed by atoms with Crippen LogP contribution in [0.1, 0.15) is 24.3 Å². The van der Waals surface area contributed by atoms with Crippen LogP contribution in [0, 0.1) is 0 Å². The van der Waals surface area contributed by atoms with Crippen LogP contribution in [0.25, 0.3) is 5.69 Å². The van der Waals surface area contributed by atoms with Crippen molar-refractivity contribution in [2.75, 3.05) is 32.9 Å². The first-order valence-corrected chi connectivity index (χ1v) is 9.46. The summed E-state index contributed by atoms with van der Waals surface area (Å²) in [7, 11) is 1.64. The Labute approximate surface area is 152 Å². The number of nitrogens with zero attached hydrogens (tertiary/aromatic N) is 4. The van der Waals surface area contributed by atoms with Crippen molar-refractivity contribution < 1.29 is 9.59 Å². The molecule has 1 aromatic heterocycles. The van der Waals surface area contributed by atoms with Gasteiger partial charge in [0.05, 0.1) is 12.7 Å². The molecule has 0 fully saturated rings. The summed E-state index contributed by atoms with van der Waals surface area (Å²) >= 11 is 1.47. The molecule has 2 amide bonds. The number of benzene rings is 1. The summed E-state index contributed by atoms with van der Waals surface area (Å²) in [6.07, 6.45) is 3.49. The Bertz CT molecular complexity index is 726. The Morgan fingerprint density at radius 3 is 2.36 bits per heavy atom. The molecule has 0 aliphatic rings. The zero-order chi connectivity index (χ0) is 18.4. The molecule has 0 saturated heterocycles. The van der Waals surface area contributed by atoms with E-state index in [9.17, 15) is 9.59 Å². The highest BCUT2D eigenvalue weighted by Gasteiger charge is 2.23. The van der Waals surface area contributed by atoms with Crippen LogP contribution in [0.15, 0.2) is 41.7 Å². The third-order valence-electron chi connectivity index (χ3n) is 3.98. The Balaban J connectivity index is 2.28. The molecule has 6 nitrogen and oxygen atoms in total. The van der Waals surface area contributed by atoms with Crippen molar-refractivity contribution in [2.24, 2.45) is 0 Å². The molecule has 134 valence electrons. The lowest BCUT2D eigenvalue weighted by Crippen LogP contribution is -2.41. The highest BCUT2D eigenvalue weighted by Crippen LogP contribution is 2.22. The van der Waals surface area contributed by atoms with E-state index in [2.05, 4.69) is 4.98 Å². The standard InChI is InChI=1S/C18H24N4O2S/c1-5-21(6-2)16(23)13-20(3)17(24)15-12-19-18(25-4)22(15)14-10-8-7-9-11-14/h7-12H,5-6,13H2,1-4H3. The number of para-hydroxylation sites is 1. The quantitative estimate of drug-likeness (QED) is 0.712. The highest BCUT2D eigenvalue weighted by molar-refractivity contribution is 7.98. The van der Waals surface area contributed by atoms with Crippen LogP contribution in [-0.4, -0.2) is 64.1 Å². The minimum absolute atomic E-state index is 0.0507. The normalized spacial score (nSPS) is 10.6. The zero-order valence-corrected chi connectivity index (χ0v) is 15.9. The molecule has 0 aliphatic heterocycles. The van der Waals surface area contributed by atoms with Crippen molar-refractivity contribution in [1.29, 1.82) is 0 Å². The van der Waals surface area contributed by atoms with E-state index in [0.29, 0.717) is 18.8 Å². The van der Waals surface area contributed by atoms with E-state index in [1.165, 1.54) is 16.7 Å². The van der Waals surface area contributed by atoms with Crippen LogP contribution in [-0.2, 0) is 4.79 Å². The molecular weight excluding hydrogens is 336 g/mol. The highest BCUT2D eigenvalue weighted by atomic mass is 32.2. The molecule has 0 bridgehead atoms. The third kappa shape index (κ3) is 4.22. The Kier molecular flexibility index (Phi) is 6.64. The molecule has 0 unspecified atom stereocenters. The summed E-state index contributed by atoms with van der Waals surface area (Å²) in [5.74, 6) is -0.283. The summed E-state index contributed by atoms with van der Waals surface area (Å²) < 4.78 is 1.82. The fourth-order valence-electron chi connectivity index (χ4n) is 2.60. The van der Waals surface area contributed by atoms with Gasteiger partial charge >= 0.3 is 0 Å². The van der Waals surface area contributed by atoms with Gasteiger partial charge in [0.1, 0.15) is 5.69 Å². The second kappa shape index (κ2) is 8.71. The van der Waals surface area contributed by atoms with Crippen LogP contribution in [0.2, 0.25) is 0 Å². The Hall–Kier alpha value is -2.28. The average Bonchev–Trinajstić information content (AvgIpc) is 3.06. The summed E-state index contributed by atoms with van der Waals surface area (Å²) in [4.78, 5) is 32.7. The number of carbonyl (C=O) groups is 2. The maximum Gasteiger partial charge on any atom is 0.272 e. The lowest BCUT2D eigenvalue weighted by Gasteiger charge is -2.23. The van der Waals surface area contributed by atoms with Crippen LogP contribution < -0.4 is 0 Å². The summed E-state index contributed by atoms with van der Waals surface area (Å²) in [6.45, 7) is 5.18. The lowest BCUT2D eigenvalue weighted by atomic mass is 10.3. The molecule has 1 heterocycles. The van der Waals surface area contributed by atoms with Gasteiger partial charge in [-0.1, -0.05) is 30.0 Å². The molecule has 0 N–H and O–H groups in total. The molecule has 0 saturated carbocycles. The first-order chi connectivity index (χ1) is 12.0. The molecule has 0 spiro atoms. The van der Waals surface area contributed by atoms with Gasteiger partial charge in [0, 0.05) is 25.8 Å². The fraction of sp³-hybridized carbons (Fsp3) is 0.389. The molecular formula is C18H24N4O2S. The summed E-state index contributed by atoms with van der Waals surface area (Å²) in [5, 5.41) is 0.734. The molecule has 7 heteroatoms. The first kappa shape index (κ1) is 19.1. The predicted octanol–water partition coefficient (Wildman–Crippen LogP) is 2.53. The van der Waals surface area contributed by atoms with Gasteiger partial charge in [-0.05, 0) is 32.2 Å². The molecule has 1 aromatic carbocycles. The number of hydrogen-bond acceptors (Lipinski definition) is 4. The number of rotatable bonds is 7. The predicted molar refractivity (Wildman–Crippen MR) is 100 cm³/mol. The van der Waals surface area contributed by atoms with E-state index in [0.717, 1.165) is 10.8 Å². The van der Waals surface area contributed by atoms with Gasteiger partial charge in [-0.3, -0.25) is 14.2 Å². The smallest absolute Gasteiger partial charge is 0.272 e. The second-order valence-corrected chi connectivity index (χ2v) is 6.30. The number of amides is 2. The van der Waals surface area contributed by atoms with Gasteiger partial charge in [-0.2, -0.15) is 0 Å². The van der Waals surface area contributed by atoms with Crippen molar-refractivity contribution in [3.05, 3.63) is 42.2 Å². The molecule has 0 atom stereocenters. The maximum absolute atomic E-state index is 12.9. The number of imidazole rings is 1. The Morgan fingerprint density at radius 1 is 1.16 bits per heavy atom. The number of hydrogen-bond donors (Lipinski definition) is 0. The molecule has 2 rings (SSSR count). The van der Waals surface area contributed by atoms with Crippen molar-refractivity contribution in [3.63, 3.8) is 0 Å². The number of aromatic nitrogens is 2. The van der Waals surface area contributed by atoms with E-state index >= 15 is 0 Å². The Morgan fingerprint density at radius 2 is 1.80 bits per heavy atom. The van der Waals surface area contributed by atoms with Crippen molar-refractivity contribution >= 4 is 23.6 Å². The monoisotopic (exact) mass is 360 g/mol. The molecule has 0 aliphatic carbocycles. The van der Waals surface area contributed by atoms with E-state index in [-0.39, 0.29) is 18.4 Å². The van der Waals surface area contributed by atoms with Gasteiger partial charge in [0.25, 0.3) is 5.91 Å². The fourth-order valence-corrected chi connectivity index (χ4v) is 3.15. The van der Waals surface area contributed by atoms with E-state index in [1.54, 1.807) is 18.1 Å². The van der Waals surface area contributed by atoms with Gasteiger partial charge in [0.15, 0.2) is 5.16 Å². The number of likely N-dealkylation sites (N-methyl/N-ethyl adjacent to an activating group) is 2. The summed E-state index contributed by atoms with van der Waals surface area (Å²) in [6, 6.07) is 9.62. The van der Waals surface area contributed by atoms with Gasteiger partial charge in [-0.25, -0.2) is 4.98 Å². The van der Waals surface area contributed by atoms with Crippen LogP contribution in [0.5, 0.6) is 0 Å². The van der Waals surface area contributed by atoms with Crippen LogP contribution in [0.3, 0.4) is 0 Å².